The molecule has 0 bridgehead atoms. The van der Waals surface area contributed by atoms with Gasteiger partial charge in [-0.15, -0.1) is 0 Å². The van der Waals surface area contributed by atoms with Crippen molar-refractivity contribution in [1.29, 1.82) is 0 Å². The van der Waals surface area contributed by atoms with Gasteiger partial charge in [-0.3, -0.25) is 0 Å². The number of nitrogens with zero attached hydrogens (tertiary/aromatic N) is 3. The Morgan fingerprint density at radius 2 is 1.67 bits per heavy atom. The lowest BCUT2D eigenvalue weighted by Crippen LogP contribution is -2.33. The molecule has 0 radical (unpaired) electrons. The van der Waals surface area contributed by atoms with Crippen LogP contribution in [0.25, 0.3) is 0 Å². The maximum absolute atomic E-state index is 4.21. The smallest absolute Gasteiger partial charge is 0.0290 e. The zero-order valence-corrected chi connectivity index (χ0v) is 16.0. The van der Waals surface area contributed by atoms with Crippen LogP contribution in [0.15, 0.2) is 36.6 Å². The van der Waals surface area contributed by atoms with E-state index in [9.17, 15) is 0 Å². The van der Waals surface area contributed by atoms with Crippen molar-refractivity contribution in [2.24, 2.45) is 0 Å². The van der Waals surface area contributed by atoms with Gasteiger partial charge in [0.2, 0.25) is 0 Å². The summed E-state index contributed by atoms with van der Waals surface area (Å²) < 4.78 is 0. The molecule has 2 fully saturated rings. The quantitative estimate of drug-likeness (QED) is 0.562. The molecule has 2 saturated heterocycles. The van der Waals surface area contributed by atoms with Crippen LogP contribution in [-0.4, -0.2) is 67.1 Å². The molecule has 1 unspecified atom stereocenters. The minimum Gasteiger partial charge on any atom is -0.375 e. The maximum Gasteiger partial charge on any atom is 0.0290 e. The van der Waals surface area contributed by atoms with Gasteiger partial charge in [-0.1, -0.05) is 24.8 Å². The van der Waals surface area contributed by atoms with Gasteiger partial charge < -0.3 is 14.7 Å². The third-order valence-corrected chi connectivity index (χ3v) is 5.60. The van der Waals surface area contributed by atoms with E-state index >= 15 is 0 Å². The molecule has 0 aromatic rings. The zero-order chi connectivity index (χ0) is 17.4. The first-order valence-electron chi connectivity index (χ1n) is 9.78. The molecule has 0 N–H and O–H groups in total. The maximum atomic E-state index is 4.21. The molecule has 2 aliphatic rings. The summed E-state index contributed by atoms with van der Waals surface area (Å²) in [4.78, 5) is 7.43. The largest absolute Gasteiger partial charge is 0.375 e. The fourth-order valence-electron chi connectivity index (χ4n) is 3.62. The standard InChI is InChI=1S/C21H37N3/c1-19(11-18-23-13-5-6-14-23)9-10-20(2)22(4)17-12-21(3)24-15-7-8-16-24/h9-10,21H,1-2,5-8,11-18H2,3-4H3/b10-9-. The number of likely N-dealkylation sites (tertiary alicyclic amines) is 2. The fraction of sp³-hybridized carbons (Fsp3) is 0.714. The van der Waals surface area contributed by atoms with E-state index in [-0.39, 0.29) is 0 Å². The molecule has 2 rings (SSSR count). The van der Waals surface area contributed by atoms with Crippen LogP contribution in [-0.2, 0) is 0 Å². The first kappa shape index (κ1) is 19.3. The van der Waals surface area contributed by atoms with Crippen LogP contribution in [0.1, 0.15) is 45.4 Å². The van der Waals surface area contributed by atoms with Crippen molar-refractivity contribution in [1.82, 2.24) is 14.7 Å². The van der Waals surface area contributed by atoms with E-state index in [2.05, 4.69) is 54.0 Å². The van der Waals surface area contributed by atoms with Crippen LogP contribution >= 0.6 is 0 Å². The molecule has 0 saturated carbocycles. The Bertz CT molecular complexity index is 428. The van der Waals surface area contributed by atoms with Gasteiger partial charge in [-0.2, -0.15) is 0 Å². The van der Waals surface area contributed by atoms with Crippen molar-refractivity contribution in [3.05, 3.63) is 36.6 Å². The molecule has 0 aliphatic carbocycles. The monoisotopic (exact) mass is 331 g/mol. The van der Waals surface area contributed by atoms with E-state index in [4.69, 9.17) is 0 Å². The summed E-state index contributed by atoms with van der Waals surface area (Å²) in [5.74, 6) is 0. The van der Waals surface area contributed by atoms with Gasteiger partial charge in [-0.05, 0) is 77.7 Å². The minimum atomic E-state index is 0.683. The van der Waals surface area contributed by atoms with Gasteiger partial charge in [0.25, 0.3) is 0 Å². The lowest BCUT2D eigenvalue weighted by molar-refractivity contribution is 0.230. The molecule has 3 heteroatoms. The number of hydrogen-bond acceptors (Lipinski definition) is 3. The average molecular weight is 332 g/mol. The summed E-state index contributed by atoms with van der Waals surface area (Å²) in [6.45, 7) is 18.1. The van der Waals surface area contributed by atoms with Crippen molar-refractivity contribution < 1.29 is 0 Å². The predicted octanol–water partition coefficient (Wildman–Crippen LogP) is 3.90. The summed E-state index contributed by atoms with van der Waals surface area (Å²) >= 11 is 0. The number of likely N-dealkylation sites (N-methyl/N-ethyl adjacent to an activating group) is 1. The third kappa shape index (κ3) is 6.45. The highest BCUT2D eigenvalue weighted by atomic mass is 15.2. The van der Waals surface area contributed by atoms with Crippen LogP contribution in [0, 0.1) is 0 Å². The van der Waals surface area contributed by atoms with E-state index in [1.54, 1.807) is 0 Å². The highest BCUT2D eigenvalue weighted by molar-refractivity contribution is 5.23. The molecule has 0 aromatic carbocycles. The van der Waals surface area contributed by atoms with Crippen molar-refractivity contribution in [2.45, 2.75) is 51.5 Å². The summed E-state index contributed by atoms with van der Waals surface area (Å²) in [6.07, 6.45) is 12.0. The van der Waals surface area contributed by atoms with Crippen LogP contribution in [0.4, 0.5) is 0 Å². The second-order valence-electron chi connectivity index (χ2n) is 7.58. The number of rotatable bonds is 10. The second kappa shape index (κ2) is 10.0. The zero-order valence-electron chi connectivity index (χ0n) is 16.0. The van der Waals surface area contributed by atoms with Crippen LogP contribution < -0.4 is 0 Å². The average Bonchev–Trinajstić information content (AvgIpc) is 3.28. The molecule has 0 spiro atoms. The van der Waals surface area contributed by atoms with E-state index < -0.39 is 0 Å². The fourth-order valence-corrected chi connectivity index (χ4v) is 3.62. The van der Waals surface area contributed by atoms with E-state index in [1.807, 2.05) is 0 Å². The van der Waals surface area contributed by atoms with Crippen molar-refractivity contribution in [2.75, 3.05) is 46.3 Å². The molecule has 1 atom stereocenters. The Balaban J connectivity index is 1.63. The Morgan fingerprint density at radius 3 is 2.33 bits per heavy atom. The first-order valence-corrected chi connectivity index (χ1v) is 9.78. The Kier molecular flexibility index (Phi) is 8.07. The first-order chi connectivity index (χ1) is 11.6. The summed E-state index contributed by atoms with van der Waals surface area (Å²) in [7, 11) is 2.15. The van der Waals surface area contributed by atoms with Crippen LogP contribution in [0.3, 0.4) is 0 Å². The van der Waals surface area contributed by atoms with Gasteiger partial charge in [0.1, 0.15) is 0 Å². The Hall–Kier alpha value is -1.06. The van der Waals surface area contributed by atoms with E-state index in [1.165, 1.54) is 63.9 Å². The SMILES string of the molecule is C=C(/C=C\C(=C)N(C)CCC(C)N1CCCC1)CCN1CCCC1. The minimum absolute atomic E-state index is 0.683. The molecule has 3 nitrogen and oxygen atoms in total. The Labute approximate surface area is 149 Å². The van der Waals surface area contributed by atoms with Crippen molar-refractivity contribution in [3.8, 4) is 0 Å². The highest BCUT2D eigenvalue weighted by Crippen LogP contribution is 2.15. The topological polar surface area (TPSA) is 9.72 Å². The number of hydrogen-bond donors (Lipinski definition) is 0. The van der Waals surface area contributed by atoms with Gasteiger partial charge in [0, 0.05) is 31.9 Å². The molecule has 2 heterocycles. The predicted molar refractivity (Wildman–Crippen MR) is 105 cm³/mol. The van der Waals surface area contributed by atoms with Gasteiger partial charge in [0.05, 0.1) is 0 Å². The van der Waals surface area contributed by atoms with Crippen LogP contribution in [0.5, 0.6) is 0 Å². The van der Waals surface area contributed by atoms with Gasteiger partial charge in [0.15, 0.2) is 0 Å². The normalized spacial score (nSPS) is 20.8. The van der Waals surface area contributed by atoms with Gasteiger partial charge in [-0.25, -0.2) is 0 Å². The van der Waals surface area contributed by atoms with Crippen molar-refractivity contribution >= 4 is 0 Å². The van der Waals surface area contributed by atoms with Gasteiger partial charge >= 0.3 is 0 Å². The number of allylic oxidation sites excluding steroid dienone is 2. The molecule has 0 amide bonds. The third-order valence-electron chi connectivity index (χ3n) is 5.60. The summed E-state index contributed by atoms with van der Waals surface area (Å²) in [5, 5.41) is 0. The van der Waals surface area contributed by atoms with E-state index in [0.717, 1.165) is 25.2 Å². The summed E-state index contributed by atoms with van der Waals surface area (Å²) in [6, 6.07) is 0.683. The molecular weight excluding hydrogens is 294 g/mol. The molecule has 136 valence electrons. The molecule has 2 aliphatic heterocycles. The Morgan fingerprint density at radius 1 is 1.04 bits per heavy atom. The lowest BCUT2D eigenvalue weighted by Gasteiger charge is -2.27. The lowest BCUT2D eigenvalue weighted by atomic mass is 10.1. The van der Waals surface area contributed by atoms with E-state index in [0.29, 0.717) is 6.04 Å². The second-order valence-corrected chi connectivity index (χ2v) is 7.58. The van der Waals surface area contributed by atoms with Crippen molar-refractivity contribution in [3.63, 3.8) is 0 Å². The molecular formula is C21H37N3. The highest BCUT2D eigenvalue weighted by Gasteiger charge is 2.18. The molecule has 24 heavy (non-hydrogen) atoms. The summed E-state index contributed by atoms with van der Waals surface area (Å²) in [5.41, 5.74) is 2.30. The molecule has 0 aromatic heterocycles. The van der Waals surface area contributed by atoms with Crippen LogP contribution in [0.2, 0.25) is 0 Å².